The fraction of sp³-hybridized carbons (Fsp3) is 0.312. The number of hydrogen-bond acceptors (Lipinski definition) is 9. The molecule has 3 rings (SSSR count). The zero-order chi connectivity index (χ0) is 30.5. The molecule has 0 aliphatic carbocycles. The second-order valence-corrected chi connectivity index (χ2v) is 9.92. The summed E-state index contributed by atoms with van der Waals surface area (Å²) in [4.78, 5) is 54.5. The Bertz CT molecular complexity index is 1400. The van der Waals surface area contributed by atoms with Crippen molar-refractivity contribution in [2.45, 2.75) is 58.3 Å². The van der Waals surface area contributed by atoms with Crippen LogP contribution in [0.1, 0.15) is 79.0 Å². The number of nitro groups is 1. The van der Waals surface area contributed by atoms with Crippen LogP contribution in [0.25, 0.3) is 0 Å². The van der Waals surface area contributed by atoms with Crippen LogP contribution < -0.4 is 4.84 Å². The third-order valence-corrected chi connectivity index (χ3v) is 6.72. The second-order valence-electron chi connectivity index (χ2n) is 9.92. The van der Waals surface area contributed by atoms with E-state index in [1.807, 2.05) is 6.92 Å². The van der Waals surface area contributed by atoms with Crippen molar-refractivity contribution in [1.29, 1.82) is 0 Å². The number of rotatable bonds is 17. The Hall–Kier alpha value is -4.86. The molecular weight excluding hydrogens is 540 g/mol. The predicted molar refractivity (Wildman–Crippen MR) is 157 cm³/mol. The average molecular weight is 575 g/mol. The van der Waals surface area contributed by atoms with E-state index in [0.717, 1.165) is 12.8 Å². The standard InChI is InChI=1S/C32H34N2O8/c1-2-3-8-30(33-42-28-19-13-24(14-20-28)34(40)41)29(32(39)23-11-17-26(36)18-12-23)7-5-4-6-27(37)21-31(38)22-9-15-25(35)16-10-22/h9-20,29,35-36H,2-8,21H2,1H3. The number of unbranched alkanes of at least 4 members (excludes halogenated alkanes) is 2. The molecule has 0 bridgehead atoms. The number of hydrogen-bond donors (Lipinski definition) is 2. The predicted octanol–water partition coefficient (Wildman–Crippen LogP) is 6.83. The van der Waals surface area contributed by atoms with Crippen LogP contribution in [-0.4, -0.2) is 38.2 Å². The van der Waals surface area contributed by atoms with Crippen LogP contribution in [0.5, 0.6) is 17.2 Å². The fourth-order valence-corrected chi connectivity index (χ4v) is 4.34. The van der Waals surface area contributed by atoms with Gasteiger partial charge < -0.3 is 15.1 Å². The number of carbonyl (C=O) groups excluding carboxylic acids is 3. The zero-order valence-electron chi connectivity index (χ0n) is 23.4. The third-order valence-electron chi connectivity index (χ3n) is 6.72. The van der Waals surface area contributed by atoms with Gasteiger partial charge in [-0.05, 0) is 86.3 Å². The number of oxime groups is 1. The number of phenolic OH excluding ortho intramolecular Hbond substituents is 2. The molecule has 3 aromatic rings. The van der Waals surface area contributed by atoms with Gasteiger partial charge in [0.25, 0.3) is 5.69 Å². The first-order chi connectivity index (χ1) is 20.2. The number of benzene rings is 3. The molecule has 0 saturated carbocycles. The Morgan fingerprint density at radius 3 is 2.00 bits per heavy atom. The normalized spacial score (nSPS) is 12.0. The molecule has 1 atom stereocenters. The quantitative estimate of drug-likeness (QED) is 0.0443. The molecule has 42 heavy (non-hydrogen) atoms. The molecule has 0 fully saturated rings. The molecule has 0 radical (unpaired) electrons. The highest BCUT2D eigenvalue weighted by Crippen LogP contribution is 2.24. The van der Waals surface area contributed by atoms with E-state index in [-0.39, 0.29) is 53.1 Å². The van der Waals surface area contributed by atoms with Crippen molar-refractivity contribution in [3.05, 3.63) is 94.0 Å². The van der Waals surface area contributed by atoms with Crippen LogP contribution in [-0.2, 0) is 4.79 Å². The number of ketones is 3. The summed E-state index contributed by atoms with van der Waals surface area (Å²) in [6.45, 7) is 2.01. The highest BCUT2D eigenvalue weighted by Gasteiger charge is 2.26. The summed E-state index contributed by atoms with van der Waals surface area (Å²) in [6, 6.07) is 17.2. The molecule has 0 heterocycles. The largest absolute Gasteiger partial charge is 0.508 e. The molecule has 0 saturated heterocycles. The van der Waals surface area contributed by atoms with E-state index in [1.165, 1.54) is 72.8 Å². The minimum atomic E-state index is -0.659. The lowest BCUT2D eigenvalue weighted by atomic mass is 9.86. The molecule has 0 amide bonds. The van der Waals surface area contributed by atoms with Gasteiger partial charge >= 0.3 is 0 Å². The molecule has 0 aromatic heterocycles. The molecule has 2 N–H and O–H groups in total. The topological polar surface area (TPSA) is 156 Å². The van der Waals surface area contributed by atoms with Crippen LogP contribution in [0.15, 0.2) is 78.0 Å². The summed E-state index contributed by atoms with van der Waals surface area (Å²) in [5.74, 6) is -1.04. The number of non-ortho nitro benzene ring substituents is 1. The van der Waals surface area contributed by atoms with E-state index in [1.54, 1.807) is 0 Å². The summed E-state index contributed by atoms with van der Waals surface area (Å²) in [7, 11) is 0. The maximum atomic E-state index is 13.6. The molecule has 3 aromatic carbocycles. The first-order valence-electron chi connectivity index (χ1n) is 13.8. The van der Waals surface area contributed by atoms with E-state index in [4.69, 9.17) is 4.84 Å². The van der Waals surface area contributed by atoms with Crippen molar-refractivity contribution in [3.8, 4) is 17.2 Å². The molecule has 0 spiro atoms. The number of nitrogens with zero attached hydrogens (tertiary/aromatic N) is 2. The Kier molecular flexibility index (Phi) is 11.9. The second kappa shape index (κ2) is 15.8. The van der Waals surface area contributed by atoms with Gasteiger partial charge in [-0.3, -0.25) is 24.5 Å². The van der Waals surface area contributed by atoms with Crippen LogP contribution >= 0.6 is 0 Å². The number of carbonyl (C=O) groups is 3. The molecule has 0 aliphatic rings. The van der Waals surface area contributed by atoms with Crippen molar-refractivity contribution >= 4 is 28.7 Å². The first-order valence-corrected chi connectivity index (χ1v) is 13.8. The average Bonchev–Trinajstić information content (AvgIpc) is 2.98. The van der Waals surface area contributed by atoms with Crippen molar-refractivity contribution in [2.24, 2.45) is 11.1 Å². The molecule has 10 heteroatoms. The molecule has 10 nitrogen and oxygen atoms in total. The molecular formula is C32H34N2O8. The lowest BCUT2D eigenvalue weighted by Gasteiger charge is -2.18. The number of Topliss-reactive ketones (excluding diaryl/α,β-unsaturated/α-hetero) is 3. The van der Waals surface area contributed by atoms with Gasteiger partial charge in [0, 0.05) is 29.7 Å². The van der Waals surface area contributed by atoms with E-state index < -0.39 is 10.8 Å². The maximum absolute atomic E-state index is 13.6. The van der Waals surface area contributed by atoms with Crippen LogP contribution in [0.3, 0.4) is 0 Å². The fourth-order valence-electron chi connectivity index (χ4n) is 4.34. The minimum absolute atomic E-state index is 0.0323. The van der Waals surface area contributed by atoms with Crippen molar-refractivity contribution in [2.75, 3.05) is 0 Å². The van der Waals surface area contributed by atoms with E-state index in [9.17, 15) is 34.7 Å². The van der Waals surface area contributed by atoms with E-state index in [0.29, 0.717) is 42.5 Å². The highest BCUT2D eigenvalue weighted by molar-refractivity contribution is 6.12. The Balaban J connectivity index is 1.71. The zero-order valence-corrected chi connectivity index (χ0v) is 23.4. The van der Waals surface area contributed by atoms with Gasteiger partial charge in [-0.25, -0.2) is 0 Å². The van der Waals surface area contributed by atoms with E-state index >= 15 is 0 Å². The van der Waals surface area contributed by atoms with E-state index in [2.05, 4.69) is 5.16 Å². The van der Waals surface area contributed by atoms with Crippen molar-refractivity contribution < 1.29 is 34.4 Å². The van der Waals surface area contributed by atoms with Gasteiger partial charge in [0.15, 0.2) is 17.3 Å². The Labute approximate surface area is 243 Å². The lowest BCUT2D eigenvalue weighted by molar-refractivity contribution is -0.384. The summed E-state index contributed by atoms with van der Waals surface area (Å²) in [5, 5.41) is 34.3. The van der Waals surface area contributed by atoms with Crippen LogP contribution in [0.2, 0.25) is 0 Å². The SMILES string of the molecule is CCCCC(=NOc1ccc([N+](=O)[O-])cc1)C(CCCCC(=O)CC(=O)c1ccc(O)cc1)C(=O)c1ccc(O)cc1. The monoisotopic (exact) mass is 574 g/mol. The number of aromatic hydroxyl groups is 2. The summed E-state index contributed by atoms with van der Waals surface area (Å²) in [6.07, 6.45) is 3.36. The summed E-state index contributed by atoms with van der Waals surface area (Å²) in [5.41, 5.74) is 1.18. The van der Waals surface area contributed by atoms with Crippen molar-refractivity contribution in [3.63, 3.8) is 0 Å². The molecule has 0 aliphatic heterocycles. The smallest absolute Gasteiger partial charge is 0.269 e. The third kappa shape index (κ3) is 9.65. The lowest BCUT2D eigenvalue weighted by Crippen LogP contribution is -2.25. The van der Waals surface area contributed by atoms with Gasteiger partial charge in [-0.15, -0.1) is 0 Å². The minimum Gasteiger partial charge on any atom is -0.508 e. The van der Waals surface area contributed by atoms with Crippen LogP contribution in [0, 0.1) is 16.0 Å². The van der Waals surface area contributed by atoms with Gasteiger partial charge in [0.05, 0.1) is 23.0 Å². The molecule has 220 valence electrons. The number of phenols is 2. The van der Waals surface area contributed by atoms with Crippen LogP contribution in [0.4, 0.5) is 5.69 Å². The molecule has 1 unspecified atom stereocenters. The van der Waals surface area contributed by atoms with Gasteiger partial charge in [-0.2, -0.15) is 0 Å². The maximum Gasteiger partial charge on any atom is 0.269 e. The Morgan fingerprint density at radius 1 is 0.833 bits per heavy atom. The first kappa shape index (κ1) is 31.7. The summed E-state index contributed by atoms with van der Waals surface area (Å²) < 4.78 is 0. The summed E-state index contributed by atoms with van der Waals surface area (Å²) >= 11 is 0. The Morgan fingerprint density at radius 2 is 1.43 bits per heavy atom. The highest BCUT2D eigenvalue weighted by atomic mass is 16.6. The van der Waals surface area contributed by atoms with Gasteiger partial charge in [-0.1, -0.05) is 24.9 Å². The van der Waals surface area contributed by atoms with Gasteiger partial charge in [0.1, 0.15) is 17.3 Å². The van der Waals surface area contributed by atoms with Gasteiger partial charge in [0.2, 0.25) is 0 Å². The van der Waals surface area contributed by atoms with Crippen molar-refractivity contribution in [1.82, 2.24) is 0 Å². The number of nitro benzene ring substituents is 1.